The molecule has 0 aromatic heterocycles. The third-order valence-electron chi connectivity index (χ3n) is 5.37. The molecule has 10 heteroatoms. The molecule has 0 aliphatic carbocycles. The maximum Gasteiger partial charge on any atom is 0.415 e. The average molecular weight is 468 g/mol. The maximum absolute atomic E-state index is 13.2. The van der Waals surface area contributed by atoms with Crippen LogP contribution in [0.25, 0.3) is 0 Å². The minimum atomic E-state index is -1.19. The molecule has 1 atom stereocenters. The van der Waals surface area contributed by atoms with Crippen molar-refractivity contribution in [3.63, 3.8) is 0 Å². The van der Waals surface area contributed by atoms with Gasteiger partial charge in [-0.05, 0) is 44.5 Å². The monoisotopic (exact) mass is 468 g/mol. The largest absolute Gasteiger partial charge is 0.493 e. The molecule has 4 rings (SSSR count). The molecule has 0 N–H and O–H groups in total. The molecule has 0 bridgehead atoms. The minimum Gasteiger partial charge on any atom is -0.493 e. The van der Waals surface area contributed by atoms with Crippen LogP contribution in [-0.2, 0) is 20.8 Å². The Kier molecular flexibility index (Phi) is 5.68. The Morgan fingerprint density at radius 3 is 2.03 bits per heavy atom. The predicted octanol–water partition coefficient (Wildman–Crippen LogP) is 3.12. The lowest BCUT2D eigenvalue weighted by Crippen LogP contribution is -2.48. The Labute approximate surface area is 195 Å². The Morgan fingerprint density at radius 2 is 1.50 bits per heavy atom. The topological polar surface area (TPSA) is 112 Å². The standard InChI is InChI=1S/C24H24N2O8/c1-24(2,3)33-23(30)25-16-12-19(32-5)18(31-4)11-13(16)10-17(25)22(29)34-26-20(27)14-8-6-7-9-15(14)21(26)28/h6-9,11-12,17H,10H2,1-5H3. The number of fused-ring (bicyclic) bond motifs is 2. The van der Waals surface area contributed by atoms with Crippen LogP contribution in [0.3, 0.4) is 0 Å². The van der Waals surface area contributed by atoms with Gasteiger partial charge in [0, 0.05) is 12.5 Å². The number of hydrogen-bond acceptors (Lipinski definition) is 8. The summed E-state index contributed by atoms with van der Waals surface area (Å²) in [5.74, 6) is -1.70. The molecule has 0 spiro atoms. The van der Waals surface area contributed by atoms with Crippen LogP contribution in [0.1, 0.15) is 47.1 Å². The lowest BCUT2D eigenvalue weighted by atomic mass is 10.1. The van der Waals surface area contributed by atoms with Gasteiger partial charge in [0.05, 0.1) is 31.0 Å². The van der Waals surface area contributed by atoms with Crippen LogP contribution in [0.2, 0.25) is 0 Å². The van der Waals surface area contributed by atoms with Crippen LogP contribution in [0.5, 0.6) is 11.5 Å². The summed E-state index contributed by atoms with van der Waals surface area (Å²) in [4.78, 5) is 58.0. The molecule has 178 valence electrons. The molecule has 0 saturated carbocycles. The number of benzene rings is 2. The smallest absolute Gasteiger partial charge is 0.415 e. The van der Waals surface area contributed by atoms with Crippen LogP contribution in [0.4, 0.5) is 10.5 Å². The number of rotatable bonds is 4. The molecular formula is C24H24N2O8. The number of amides is 3. The van der Waals surface area contributed by atoms with Crippen molar-refractivity contribution in [3.05, 3.63) is 53.1 Å². The number of nitrogens with zero attached hydrogens (tertiary/aromatic N) is 2. The van der Waals surface area contributed by atoms with Crippen molar-refractivity contribution in [2.75, 3.05) is 19.1 Å². The fourth-order valence-corrected chi connectivity index (χ4v) is 3.89. The number of imide groups is 1. The Hall–Kier alpha value is -4.08. The fraction of sp³-hybridized carbons (Fsp3) is 0.333. The van der Waals surface area contributed by atoms with Gasteiger partial charge in [0.1, 0.15) is 11.6 Å². The van der Waals surface area contributed by atoms with Crippen LogP contribution in [-0.4, -0.2) is 54.8 Å². The van der Waals surface area contributed by atoms with Gasteiger partial charge in [0.25, 0.3) is 11.8 Å². The van der Waals surface area contributed by atoms with E-state index in [1.807, 2.05) is 0 Å². The molecule has 2 aromatic carbocycles. The highest BCUT2D eigenvalue weighted by Crippen LogP contribution is 2.42. The number of methoxy groups -OCH3 is 2. The highest BCUT2D eigenvalue weighted by Gasteiger charge is 2.46. The quantitative estimate of drug-likeness (QED) is 0.630. The number of hydrogen-bond donors (Lipinski definition) is 0. The molecule has 34 heavy (non-hydrogen) atoms. The van der Waals surface area contributed by atoms with E-state index in [0.29, 0.717) is 27.8 Å². The molecule has 0 radical (unpaired) electrons. The number of carbonyl (C=O) groups is 4. The van der Waals surface area contributed by atoms with Gasteiger partial charge in [-0.25, -0.2) is 9.59 Å². The average Bonchev–Trinajstić information content (AvgIpc) is 3.28. The SMILES string of the molecule is COc1cc2c(cc1OC)N(C(=O)OC(C)(C)C)C(C(=O)ON1C(=O)c3ccccc3C1=O)C2. The van der Waals surface area contributed by atoms with Gasteiger partial charge < -0.3 is 19.0 Å². The van der Waals surface area contributed by atoms with Crippen molar-refractivity contribution < 1.29 is 38.2 Å². The summed E-state index contributed by atoms with van der Waals surface area (Å²) in [6, 6.07) is 8.18. The summed E-state index contributed by atoms with van der Waals surface area (Å²) < 4.78 is 16.2. The second kappa shape index (κ2) is 8.36. The zero-order valence-electron chi connectivity index (χ0n) is 19.4. The van der Waals surface area contributed by atoms with E-state index in [1.165, 1.54) is 26.4 Å². The van der Waals surface area contributed by atoms with Gasteiger partial charge in [0.15, 0.2) is 11.5 Å². The van der Waals surface area contributed by atoms with Gasteiger partial charge in [-0.15, -0.1) is 0 Å². The molecule has 10 nitrogen and oxygen atoms in total. The first kappa shape index (κ1) is 23.1. The molecular weight excluding hydrogens is 444 g/mol. The summed E-state index contributed by atoms with van der Waals surface area (Å²) in [7, 11) is 2.92. The second-order valence-electron chi connectivity index (χ2n) is 8.77. The summed E-state index contributed by atoms with van der Waals surface area (Å²) in [5, 5.41) is 0.421. The van der Waals surface area contributed by atoms with E-state index in [-0.39, 0.29) is 17.5 Å². The van der Waals surface area contributed by atoms with E-state index < -0.39 is 35.5 Å². The first-order valence-electron chi connectivity index (χ1n) is 10.5. The van der Waals surface area contributed by atoms with Gasteiger partial charge in [-0.1, -0.05) is 17.2 Å². The molecule has 2 heterocycles. The molecule has 0 fully saturated rings. The minimum absolute atomic E-state index is 0.0525. The molecule has 0 saturated heterocycles. The van der Waals surface area contributed by atoms with E-state index in [4.69, 9.17) is 19.0 Å². The van der Waals surface area contributed by atoms with E-state index >= 15 is 0 Å². The fourth-order valence-electron chi connectivity index (χ4n) is 3.89. The Balaban J connectivity index is 1.67. The van der Waals surface area contributed by atoms with Gasteiger partial charge in [-0.2, -0.15) is 0 Å². The highest BCUT2D eigenvalue weighted by molar-refractivity contribution is 6.21. The zero-order valence-corrected chi connectivity index (χ0v) is 19.4. The van der Waals surface area contributed by atoms with Gasteiger partial charge in [0.2, 0.25) is 0 Å². The summed E-state index contributed by atoms with van der Waals surface area (Å²) >= 11 is 0. The van der Waals surface area contributed by atoms with Crippen LogP contribution < -0.4 is 14.4 Å². The summed E-state index contributed by atoms with van der Waals surface area (Å²) in [6.07, 6.45) is -0.737. The third-order valence-corrected chi connectivity index (χ3v) is 5.37. The van der Waals surface area contributed by atoms with Gasteiger partial charge >= 0.3 is 12.1 Å². The van der Waals surface area contributed by atoms with Crippen LogP contribution >= 0.6 is 0 Å². The van der Waals surface area contributed by atoms with Crippen LogP contribution in [0.15, 0.2) is 36.4 Å². The van der Waals surface area contributed by atoms with E-state index in [1.54, 1.807) is 45.0 Å². The van der Waals surface area contributed by atoms with Crippen molar-refractivity contribution in [1.82, 2.24) is 5.06 Å². The lowest BCUT2D eigenvalue weighted by molar-refractivity contribution is -0.170. The lowest BCUT2D eigenvalue weighted by Gasteiger charge is -2.28. The molecule has 2 aromatic rings. The number of ether oxygens (including phenoxy) is 3. The maximum atomic E-state index is 13.2. The predicted molar refractivity (Wildman–Crippen MR) is 119 cm³/mol. The van der Waals surface area contributed by atoms with E-state index in [0.717, 1.165) is 4.90 Å². The van der Waals surface area contributed by atoms with Crippen molar-refractivity contribution >= 4 is 29.6 Å². The number of hydroxylamine groups is 2. The third kappa shape index (κ3) is 3.91. The van der Waals surface area contributed by atoms with Crippen molar-refractivity contribution in [2.45, 2.75) is 38.8 Å². The van der Waals surface area contributed by atoms with E-state index in [9.17, 15) is 19.2 Å². The molecule has 2 aliphatic heterocycles. The molecule has 1 unspecified atom stereocenters. The first-order chi connectivity index (χ1) is 16.1. The summed E-state index contributed by atoms with van der Waals surface area (Å²) in [5.41, 5.74) is 0.402. The Morgan fingerprint density at radius 1 is 0.941 bits per heavy atom. The Bertz CT molecular complexity index is 1160. The van der Waals surface area contributed by atoms with Crippen molar-refractivity contribution in [3.8, 4) is 11.5 Å². The zero-order chi connectivity index (χ0) is 24.8. The number of carbonyl (C=O) groups excluding carboxylic acids is 4. The molecule has 2 aliphatic rings. The first-order valence-corrected chi connectivity index (χ1v) is 10.5. The normalized spacial score (nSPS) is 16.8. The van der Waals surface area contributed by atoms with E-state index in [2.05, 4.69) is 0 Å². The second-order valence-corrected chi connectivity index (χ2v) is 8.77. The van der Waals surface area contributed by atoms with Crippen molar-refractivity contribution in [2.24, 2.45) is 0 Å². The number of anilines is 1. The van der Waals surface area contributed by atoms with Crippen LogP contribution in [0, 0.1) is 0 Å². The van der Waals surface area contributed by atoms with Gasteiger partial charge in [-0.3, -0.25) is 14.5 Å². The highest BCUT2D eigenvalue weighted by atomic mass is 16.7. The summed E-state index contributed by atoms with van der Waals surface area (Å²) in [6.45, 7) is 5.09. The van der Waals surface area contributed by atoms with Crippen molar-refractivity contribution in [1.29, 1.82) is 0 Å². The molecule has 3 amide bonds.